The van der Waals surface area contributed by atoms with E-state index in [9.17, 15) is 0 Å². The standard InChI is InChI=1S/C34H56O5/c1-22-9-15-34(38-19-22)23(2)31-30(39-34)18-29-27-8-7-25-17-26(37-16-12-24(20-35-5)21-36-6)10-13-32(25,3)28(27)11-14-33(29,31)4/h17,22-24,26-31H,7-16,18-21H2,1-6H3/t22-,23+,26+,27-,28+,29+,30+,31+,32+,33+,34-/m1/s1. The lowest BCUT2D eigenvalue weighted by atomic mass is 9.46. The molecule has 6 aliphatic rings. The van der Waals surface area contributed by atoms with Gasteiger partial charge in [0.25, 0.3) is 0 Å². The summed E-state index contributed by atoms with van der Waals surface area (Å²) in [6, 6.07) is 0. The molecular weight excluding hydrogens is 488 g/mol. The highest BCUT2D eigenvalue weighted by Crippen LogP contribution is 2.71. The fourth-order valence-electron chi connectivity index (χ4n) is 10.9. The van der Waals surface area contributed by atoms with Gasteiger partial charge in [0, 0.05) is 39.1 Å². The Kier molecular flexibility index (Phi) is 8.07. The summed E-state index contributed by atoms with van der Waals surface area (Å²) in [5.74, 6) is 4.42. The third-order valence-electron chi connectivity index (χ3n) is 13.0. The molecule has 6 rings (SSSR count). The van der Waals surface area contributed by atoms with E-state index in [0.29, 0.717) is 40.6 Å². The average Bonchev–Trinajstić information content (AvgIpc) is 3.36. The molecule has 5 nitrogen and oxygen atoms in total. The van der Waals surface area contributed by atoms with E-state index in [1.807, 2.05) is 0 Å². The lowest BCUT2D eigenvalue weighted by Crippen LogP contribution is -2.52. The number of fused-ring (bicyclic) bond motifs is 7. The first-order valence-corrected chi connectivity index (χ1v) is 16.4. The van der Waals surface area contributed by atoms with Crippen LogP contribution in [0.3, 0.4) is 0 Å². The molecule has 0 radical (unpaired) electrons. The summed E-state index contributed by atoms with van der Waals surface area (Å²) in [5.41, 5.74) is 2.47. The van der Waals surface area contributed by atoms with Crippen molar-refractivity contribution in [1.29, 1.82) is 0 Å². The second kappa shape index (κ2) is 11.0. The molecule has 0 aromatic heterocycles. The largest absolute Gasteiger partial charge is 0.384 e. The maximum absolute atomic E-state index is 6.98. The maximum atomic E-state index is 6.98. The zero-order valence-electron chi connectivity index (χ0n) is 25.7. The summed E-state index contributed by atoms with van der Waals surface area (Å²) in [4.78, 5) is 0. The normalized spacial score (nSPS) is 48.9. The van der Waals surface area contributed by atoms with Crippen LogP contribution in [-0.2, 0) is 23.7 Å². The van der Waals surface area contributed by atoms with E-state index in [1.165, 1.54) is 44.9 Å². The summed E-state index contributed by atoms with van der Waals surface area (Å²) in [6.45, 7) is 13.2. The third kappa shape index (κ3) is 4.79. The van der Waals surface area contributed by atoms with Crippen LogP contribution in [0.5, 0.6) is 0 Å². The SMILES string of the molecule is COCC(CCO[C@@H]1C=C2CC[C@H]3[C@@H]4C[C@@H]5O[C@]6(CC[C@@H](C)CO6)[C@@H](C)[C@@H]5[C@@]4(C)CC[C@@H]3[C@@]2(C)CC1)COC. The van der Waals surface area contributed by atoms with Gasteiger partial charge in [-0.1, -0.05) is 39.3 Å². The molecule has 1 spiro atoms. The molecule has 5 fully saturated rings. The van der Waals surface area contributed by atoms with E-state index in [2.05, 4.69) is 33.8 Å². The van der Waals surface area contributed by atoms with Crippen LogP contribution < -0.4 is 0 Å². The van der Waals surface area contributed by atoms with E-state index in [0.717, 1.165) is 63.4 Å². The number of hydrogen-bond donors (Lipinski definition) is 0. The van der Waals surface area contributed by atoms with Crippen molar-refractivity contribution in [3.8, 4) is 0 Å². The zero-order valence-corrected chi connectivity index (χ0v) is 25.7. The fraction of sp³-hybridized carbons (Fsp3) is 0.941. The molecule has 2 heterocycles. The van der Waals surface area contributed by atoms with Gasteiger partial charge in [0.2, 0.25) is 0 Å². The van der Waals surface area contributed by atoms with Gasteiger partial charge in [0.15, 0.2) is 5.79 Å². The van der Waals surface area contributed by atoms with Crippen molar-refractivity contribution in [1.82, 2.24) is 0 Å². The predicted molar refractivity (Wildman–Crippen MR) is 153 cm³/mol. The van der Waals surface area contributed by atoms with Crippen LogP contribution in [0, 0.1) is 52.3 Å². The van der Waals surface area contributed by atoms with Gasteiger partial charge < -0.3 is 23.7 Å². The molecule has 0 aromatic carbocycles. The third-order valence-corrected chi connectivity index (χ3v) is 13.0. The van der Waals surface area contributed by atoms with Gasteiger partial charge in [-0.25, -0.2) is 0 Å². The first kappa shape index (κ1) is 28.6. The Balaban J connectivity index is 1.11. The quantitative estimate of drug-likeness (QED) is 0.307. The highest BCUT2D eigenvalue weighted by Gasteiger charge is 2.68. The van der Waals surface area contributed by atoms with Crippen LogP contribution in [0.2, 0.25) is 0 Å². The number of allylic oxidation sites excluding steroid dienone is 1. The highest BCUT2D eigenvalue weighted by atomic mass is 16.7. The molecule has 0 N–H and O–H groups in total. The number of hydrogen-bond acceptors (Lipinski definition) is 5. The predicted octanol–water partition coefficient (Wildman–Crippen LogP) is 7.04. The molecule has 2 aliphatic heterocycles. The van der Waals surface area contributed by atoms with Crippen molar-refractivity contribution in [2.24, 2.45) is 52.3 Å². The van der Waals surface area contributed by atoms with Crippen molar-refractivity contribution < 1.29 is 23.7 Å². The molecule has 0 bridgehead atoms. The van der Waals surface area contributed by atoms with Crippen LogP contribution in [0.4, 0.5) is 0 Å². The van der Waals surface area contributed by atoms with Crippen LogP contribution in [0.15, 0.2) is 11.6 Å². The monoisotopic (exact) mass is 544 g/mol. The second-order valence-corrected chi connectivity index (χ2v) is 15.1. The molecule has 0 aromatic rings. The number of methoxy groups -OCH3 is 2. The van der Waals surface area contributed by atoms with Crippen LogP contribution in [0.1, 0.15) is 91.9 Å². The summed E-state index contributed by atoms with van der Waals surface area (Å²) in [6.07, 6.45) is 15.6. The second-order valence-electron chi connectivity index (χ2n) is 15.1. The van der Waals surface area contributed by atoms with Gasteiger partial charge >= 0.3 is 0 Å². The molecule has 3 saturated carbocycles. The Morgan fingerprint density at radius 1 is 0.974 bits per heavy atom. The summed E-state index contributed by atoms with van der Waals surface area (Å²) in [5, 5.41) is 0. The molecular formula is C34H56O5. The van der Waals surface area contributed by atoms with E-state index in [4.69, 9.17) is 23.7 Å². The molecule has 11 atom stereocenters. The minimum absolute atomic E-state index is 0.277. The van der Waals surface area contributed by atoms with E-state index in [-0.39, 0.29) is 11.9 Å². The lowest BCUT2D eigenvalue weighted by molar-refractivity contribution is -0.272. The Hall–Kier alpha value is -0.460. The van der Waals surface area contributed by atoms with Gasteiger partial charge in [0.05, 0.1) is 32.0 Å². The molecule has 222 valence electrons. The topological polar surface area (TPSA) is 46.2 Å². The fourth-order valence-corrected chi connectivity index (χ4v) is 10.9. The molecule has 4 aliphatic carbocycles. The number of ether oxygens (including phenoxy) is 5. The molecule has 5 heteroatoms. The van der Waals surface area contributed by atoms with Crippen molar-refractivity contribution in [3.05, 3.63) is 11.6 Å². The Morgan fingerprint density at radius 2 is 1.77 bits per heavy atom. The molecule has 0 unspecified atom stereocenters. The lowest BCUT2D eigenvalue weighted by Gasteiger charge is -2.59. The summed E-state index contributed by atoms with van der Waals surface area (Å²) < 4.78 is 30.7. The minimum Gasteiger partial charge on any atom is -0.384 e. The van der Waals surface area contributed by atoms with E-state index in [1.54, 1.807) is 19.8 Å². The van der Waals surface area contributed by atoms with Crippen LogP contribution in [0.25, 0.3) is 0 Å². The van der Waals surface area contributed by atoms with Crippen molar-refractivity contribution in [2.45, 2.75) is 110 Å². The van der Waals surface area contributed by atoms with E-state index >= 15 is 0 Å². The average molecular weight is 545 g/mol. The highest BCUT2D eigenvalue weighted by molar-refractivity contribution is 5.26. The first-order chi connectivity index (χ1) is 18.7. The van der Waals surface area contributed by atoms with Gasteiger partial charge in [-0.15, -0.1) is 0 Å². The Morgan fingerprint density at radius 3 is 2.49 bits per heavy atom. The van der Waals surface area contributed by atoms with E-state index < -0.39 is 0 Å². The van der Waals surface area contributed by atoms with Gasteiger partial charge in [-0.3, -0.25) is 0 Å². The maximum Gasteiger partial charge on any atom is 0.171 e. The zero-order chi connectivity index (χ0) is 27.4. The minimum atomic E-state index is -0.299. The Bertz CT molecular complexity index is 888. The van der Waals surface area contributed by atoms with Crippen LogP contribution in [-0.4, -0.2) is 58.6 Å². The van der Waals surface area contributed by atoms with Gasteiger partial charge in [-0.05, 0) is 98.2 Å². The smallest absolute Gasteiger partial charge is 0.171 e. The Labute approximate surface area is 238 Å². The summed E-state index contributed by atoms with van der Waals surface area (Å²) in [7, 11) is 3.54. The molecule has 0 amide bonds. The molecule has 39 heavy (non-hydrogen) atoms. The van der Waals surface area contributed by atoms with Gasteiger partial charge in [-0.2, -0.15) is 0 Å². The van der Waals surface area contributed by atoms with Crippen LogP contribution >= 0.6 is 0 Å². The van der Waals surface area contributed by atoms with Crippen molar-refractivity contribution in [3.63, 3.8) is 0 Å². The number of rotatable bonds is 8. The summed E-state index contributed by atoms with van der Waals surface area (Å²) >= 11 is 0. The van der Waals surface area contributed by atoms with Gasteiger partial charge in [0.1, 0.15) is 0 Å². The van der Waals surface area contributed by atoms with Crippen molar-refractivity contribution >= 4 is 0 Å². The first-order valence-electron chi connectivity index (χ1n) is 16.4. The van der Waals surface area contributed by atoms with Crippen molar-refractivity contribution in [2.75, 3.05) is 40.6 Å². The molecule has 2 saturated heterocycles.